The third kappa shape index (κ3) is 11.2. The number of hydrogen-bond acceptors (Lipinski definition) is 8. The molecule has 2 aromatic rings. The quantitative estimate of drug-likeness (QED) is 0.189. The Bertz CT molecular complexity index is 1340. The van der Waals surface area contributed by atoms with Crippen molar-refractivity contribution in [3.8, 4) is 0 Å². The van der Waals surface area contributed by atoms with Gasteiger partial charge in [0.1, 0.15) is 6.29 Å². The van der Waals surface area contributed by atoms with Crippen molar-refractivity contribution in [1.29, 1.82) is 0 Å². The fourth-order valence-corrected chi connectivity index (χ4v) is 3.80. The summed E-state index contributed by atoms with van der Waals surface area (Å²) in [4.78, 5) is 33.4. The van der Waals surface area contributed by atoms with Crippen molar-refractivity contribution in [3.05, 3.63) is 104 Å². The van der Waals surface area contributed by atoms with Gasteiger partial charge in [-0.15, -0.1) is 0 Å². The number of halogens is 2. The second-order valence-electron chi connectivity index (χ2n) is 8.91. The molecule has 1 saturated heterocycles. The Morgan fingerprint density at radius 2 is 1.77 bits per heavy atom. The van der Waals surface area contributed by atoms with E-state index in [2.05, 4.69) is 51.8 Å². The Hall–Kier alpha value is -4.74. The zero-order chi connectivity index (χ0) is 32.4. The van der Waals surface area contributed by atoms with Gasteiger partial charge in [0, 0.05) is 50.7 Å². The van der Waals surface area contributed by atoms with Crippen molar-refractivity contribution in [2.24, 2.45) is 0 Å². The second-order valence-corrected chi connectivity index (χ2v) is 8.91. The average molecular weight is 595 g/mol. The zero-order valence-corrected chi connectivity index (χ0v) is 24.9. The lowest BCUT2D eigenvalue weighted by Crippen LogP contribution is -2.44. The number of rotatable bonds is 11. The van der Waals surface area contributed by atoms with Crippen LogP contribution in [0.4, 0.5) is 26.1 Å². The van der Waals surface area contributed by atoms with Gasteiger partial charge in [-0.3, -0.25) is 9.59 Å². The maximum atomic E-state index is 15.0. The van der Waals surface area contributed by atoms with Crippen LogP contribution in [-0.4, -0.2) is 72.5 Å². The summed E-state index contributed by atoms with van der Waals surface area (Å²) in [6.07, 6.45) is 11.8. The van der Waals surface area contributed by atoms with E-state index < -0.39 is 11.6 Å². The van der Waals surface area contributed by atoms with Crippen LogP contribution in [0.5, 0.6) is 0 Å². The largest absolute Gasteiger partial charge is 0.400 e. The Morgan fingerprint density at radius 1 is 1.12 bits per heavy atom. The summed E-state index contributed by atoms with van der Waals surface area (Å²) in [5.74, 6) is -2.15. The van der Waals surface area contributed by atoms with Gasteiger partial charge in [-0.1, -0.05) is 44.5 Å². The molecule has 230 valence electrons. The molecule has 43 heavy (non-hydrogen) atoms. The van der Waals surface area contributed by atoms with Crippen molar-refractivity contribution in [3.63, 3.8) is 0 Å². The summed E-state index contributed by atoms with van der Waals surface area (Å²) in [6.45, 7) is 19.1. The third-order valence-corrected chi connectivity index (χ3v) is 5.99. The molecule has 1 fully saturated rings. The molecule has 11 heteroatoms. The predicted molar refractivity (Wildman–Crippen MR) is 171 cm³/mol. The molecule has 1 aromatic heterocycles. The fourth-order valence-electron chi connectivity index (χ4n) is 3.80. The monoisotopic (exact) mass is 594 g/mol. The number of carbonyl (C=O) groups excluding carboxylic acids is 2. The molecule has 2 heterocycles. The first-order chi connectivity index (χ1) is 20.7. The minimum absolute atomic E-state index is 0.0688. The number of aromatic nitrogens is 2. The highest BCUT2D eigenvalue weighted by Gasteiger charge is 2.22. The molecule has 1 amide bonds. The van der Waals surface area contributed by atoms with Gasteiger partial charge in [0.25, 0.3) is 0 Å². The predicted octanol–water partition coefficient (Wildman–Crippen LogP) is 5.04. The second kappa shape index (κ2) is 19.4. The number of benzene rings is 1. The van der Waals surface area contributed by atoms with Crippen LogP contribution in [0.3, 0.4) is 0 Å². The van der Waals surface area contributed by atoms with Crippen molar-refractivity contribution in [1.82, 2.24) is 20.2 Å². The number of allylic oxidation sites excluding steroid dienone is 5. The summed E-state index contributed by atoms with van der Waals surface area (Å²) >= 11 is 0. The van der Waals surface area contributed by atoms with E-state index in [1.165, 1.54) is 24.4 Å². The van der Waals surface area contributed by atoms with Crippen LogP contribution in [-0.2, 0) is 9.59 Å². The molecule has 3 N–H and O–H groups in total. The molecule has 1 aromatic carbocycles. The van der Waals surface area contributed by atoms with Crippen molar-refractivity contribution < 1.29 is 23.5 Å². The van der Waals surface area contributed by atoms with Crippen LogP contribution >= 0.6 is 0 Å². The van der Waals surface area contributed by atoms with Crippen molar-refractivity contribution in [2.75, 3.05) is 50.6 Å². The number of hydrogen-bond donors (Lipinski definition) is 3. The highest BCUT2D eigenvalue weighted by Crippen LogP contribution is 2.30. The first-order valence-electron chi connectivity index (χ1n) is 13.3. The molecule has 0 saturated carbocycles. The molecule has 0 radical (unpaired) electrons. The van der Waals surface area contributed by atoms with Gasteiger partial charge < -0.3 is 25.5 Å². The zero-order valence-electron chi connectivity index (χ0n) is 24.9. The number of anilines is 3. The molecule has 0 aliphatic carbocycles. The number of aldehydes is 1. The van der Waals surface area contributed by atoms with Crippen LogP contribution in [0.1, 0.15) is 24.6 Å². The van der Waals surface area contributed by atoms with Gasteiger partial charge in [-0.25, -0.2) is 18.7 Å². The van der Waals surface area contributed by atoms with Gasteiger partial charge >= 0.3 is 0 Å². The van der Waals surface area contributed by atoms with Crippen LogP contribution < -0.4 is 15.5 Å². The Labute approximate surface area is 252 Å². The van der Waals surface area contributed by atoms with Crippen molar-refractivity contribution in [2.45, 2.75) is 13.3 Å². The summed E-state index contributed by atoms with van der Waals surface area (Å²) in [6, 6.07) is 3.05. The highest BCUT2D eigenvalue weighted by atomic mass is 19.2. The number of aliphatic hydroxyl groups excluding tert-OH is 1. The van der Waals surface area contributed by atoms with E-state index in [9.17, 15) is 13.6 Å². The molecule has 0 spiro atoms. The lowest BCUT2D eigenvalue weighted by Gasteiger charge is -2.34. The molecular formula is C32H40F2N6O3. The van der Waals surface area contributed by atoms with E-state index >= 15 is 0 Å². The normalized spacial score (nSPS) is 13.1. The van der Waals surface area contributed by atoms with E-state index in [-0.39, 0.29) is 23.2 Å². The van der Waals surface area contributed by atoms with Gasteiger partial charge in [0.15, 0.2) is 11.6 Å². The number of aliphatic hydroxyl groups is 1. The van der Waals surface area contributed by atoms with E-state index in [1.54, 1.807) is 30.4 Å². The molecule has 0 bridgehead atoms. The molecule has 1 aliphatic heterocycles. The molecule has 1 aliphatic rings. The van der Waals surface area contributed by atoms with Gasteiger partial charge in [0.2, 0.25) is 11.9 Å². The summed E-state index contributed by atoms with van der Waals surface area (Å²) < 4.78 is 29.9. The smallest absolute Gasteiger partial charge is 0.247 e. The SMILES string of the molecule is C=CC(=O)NC(/C=C\C)=C/CC(=C)c1nc(Nc2ccc(N3CCN(C)CC3)c(F)c2F)ncc1C=C.C=CC=O.CO. The third-order valence-electron chi connectivity index (χ3n) is 5.99. The fraction of sp³-hybridized carbons (Fsp3) is 0.250. The highest BCUT2D eigenvalue weighted by molar-refractivity contribution is 5.88. The first-order valence-corrected chi connectivity index (χ1v) is 13.3. The number of piperazine rings is 1. The number of likely N-dealkylation sites (N-methyl/N-ethyl adjacent to an activating group) is 1. The van der Waals surface area contributed by atoms with Crippen LogP contribution in [0.2, 0.25) is 0 Å². The molecule has 3 rings (SSSR count). The Kier molecular flexibility index (Phi) is 16.4. The van der Waals surface area contributed by atoms with E-state index in [1.807, 2.05) is 18.9 Å². The summed E-state index contributed by atoms with van der Waals surface area (Å²) in [7, 11) is 3.00. The molecular weight excluding hydrogens is 554 g/mol. The Balaban J connectivity index is 0.00000142. The number of nitrogens with one attached hydrogen (secondary N) is 2. The van der Waals surface area contributed by atoms with E-state index in [0.717, 1.165) is 20.2 Å². The molecule has 9 nitrogen and oxygen atoms in total. The van der Waals surface area contributed by atoms with E-state index in [4.69, 9.17) is 9.90 Å². The van der Waals surface area contributed by atoms with Gasteiger partial charge in [-0.2, -0.15) is 0 Å². The standard InChI is InChI=1S/C28H32F2N6O.C3H4O.CH4O/c1-6-9-21(32-24(37)8-3)11-10-19(4)27-20(7-2)18-31-28(34-27)33-22-12-13-23(26(30)25(22)29)36-16-14-35(5)15-17-36;1-2-3-4;1-2/h6-9,11-13,18H,2-4,10,14-17H2,1,5H3,(H,32,37)(H,31,33,34);2-3H,1H2;2H,1H3/b9-6-,21-11+;;. The lowest BCUT2D eigenvalue weighted by atomic mass is 10.1. The van der Waals surface area contributed by atoms with E-state index in [0.29, 0.717) is 48.3 Å². The summed E-state index contributed by atoms with van der Waals surface area (Å²) in [5, 5.41) is 12.5. The van der Waals surface area contributed by atoms with Gasteiger partial charge in [-0.05, 0) is 56.3 Å². The maximum Gasteiger partial charge on any atom is 0.247 e. The number of carbonyl (C=O) groups is 2. The minimum atomic E-state index is -0.995. The molecule has 0 unspecified atom stereocenters. The topological polar surface area (TPSA) is 111 Å². The maximum absolute atomic E-state index is 15.0. The Morgan fingerprint density at radius 3 is 2.33 bits per heavy atom. The van der Waals surface area contributed by atoms with Crippen molar-refractivity contribution >= 4 is 41.2 Å². The average Bonchev–Trinajstić information content (AvgIpc) is 3.03. The number of amides is 1. The van der Waals surface area contributed by atoms with Crippen LogP contribution in [0.25, 0.3) is 11.6 Å². The van der Waals surface area contributed by atoms with Crippen LogP contribution in [0, 0.1) is 11.6 Å². The minimum Gasteiger partial charge on any atom is -0.400 e. The lowest BCUT2D eigenvalue weighted by molar-refractivity contribution is -0.115. The van der Waals surface area contributed by atoms with Gasteiger partial charge in [0.05, 0.1) is 17.1 Å². The summed E-state index contributed by atoms with van der Waals surface area (Å²) in [5.41, 5.74) is 2.49. The molecule has 0 atom stereocenters. The van der Waals surface area contributed by atoms with Crippen LogP contribution in [0.15, 0.2) is 80.7 Å². The first kappa shape index (κ1) is 36.3. The number of nitrogens with zero attached hydrogens (tertiary/aromatic N) is 4.